The van der Waals surface area contributed by atoms with Crippen molar-refractivity contribution in [2.24, 2.45) is 4.99 Å². The third-order valence-electron chi connectivity index (χ3n) is 2.31. The topological polar surface area (TPSA) is 24.4 Å². The number of hydrogen-bond acceptors (Lipinski definition) is 3. The first-order chi connectivity index (χ1) is 7.27. The van der Waals surface area contributed by atoms with Gasteiger partial charge in [-0.25, -0.2) is 4.39 Å². The molecule has 80 valence electrons. The van der Waals surface area contributed by atoms with E-state index >= 15 is 0 Å². The zero-order valence-corrected chi connectivity index (χ0v) is 9.40. The third kappa shape index (κ3) is 2.50. The molecule has 15 heavy (non-hydrogen) atoms. The van der Waals surface area contributed by atoms with Gasteiger partial charge in [-0.15, -0.1) is 0 Å². The Hall–Kier alpha value is -1.03. The van der Waals surface area contributed by atoms with E-state index in [1.165, 1.54) is 6.07 Å². The van der Waals surface area contributed by atoms with E-state index < -0.39 is 0 Å². The Morgan fingerprint density at radius 2 is 2.33 bits per heavy atom. The first-order valence-electron chi connectivity index (χ1n) is 4.97. The van der Waals surface area contributed by atoms with Crippen LogP contribution in [0.4, 0.5) is 10.1 Å². The van der Waals surface area contributed by atoms with Gasteiger partial charge in [0.05, 0.1) is 0 Å². The molecule has 0 unspecified atom stereocenters. The van der Waals surface area contributed by atoms with Crippen molar-refractivity contribution >= 4 is 22.6 Å². The largest absolute Gasteiger partial charge is 0.335 e. The van der Waals surface area contributed by atoms with Crippen LogP contribution < -0.4 is 5.32 Å². The highest BCUT2D eigenvalue weighted by Gasteiger charge is 2.08. The molecule has 1 aromatic rings. The van der Waals surface area contributed by atoms with Gasteiger partial charge < -0.3 is 5.32 Å². The fourth-order valence-corrected chi connectivity index (χ4v) is 2.22. The molecular weight excluding hydrogens is 211 g/mol. The van der Waals surface area contributed by atoms with Crippen LogP contribution in [0, 0.1) is 12.7 Å². The van der Waals surface area contributed by atoms with E-state index in [9.17, 15) is 4.39 Å². The molecule has 4 heteroatoms. The minimum absolute atomic E-state index is 0.179. The Kier molecular flexibility index (Phi) is 3.26. The summed E-state index contributed by atoms with van der Waals surface area (Å²) in [7, 11) is 0. The van der Waals surface area contributed by atoms with Crippen LogP contribution in [0.1, 0.15) is 12.0 Å². The van der Waals surface area contributed by atoms with E-state index in [-0.39, 0.29) is 5.82 Å². The fraction of sp³-hybridized carbons (Fsp3) is 0.364. The zero-order chi connectivity index (χ0) is 10.7. The summed E-state index contributed by atoms with van der Waals surface area (Å²) in [6.45, 7) is 2.63. The predicted molar refractivity (Wildman–Crippen MR) is 64.1 cm³/mol. The molecule has 1 aliphatic heterocycles. The van der Waals surface area contributed by atoms with Gasteiger partial charge in [-0.2, -0.15) is 0 Å². The smallest absolute Gasteiger partial charge is 0.161 e. The number of hydrogen-bond donors (Lipinski definition) is 1. The van der Waals surface area contributed by atoms with Gasteiger partial charge in [-0.05, 0) is 25.5 Å². The standard InChI is InChI=1S/C11H13FN2S/c1-8-9(12)4-2-5-10(8)14-11-13-6-3-7-15-11/h2,4-5H,3,6-7H2,1H3,(H,13,14). The lowest BCUT2D eigenvalue weighted by molar-refractivity contribution is 0.619. The Bertz CT molecular complexity index is 390. The third-order valence-corrected chi connectivity index (χ3v) is 3.30. The maximum Gasteiger partial charge on any atom is 0.161 e. The summed E-state index contributed by atoms with van der Waals surface area (Å²) in [5, 5.41) is 4.06. The number of benzene rings is 1. The van der Waals surface area contributed by atoms with Gasteiger partial charge in [0, 0.05) is 23.5 Å². The van der Waals surface area contributed by atoms with E-state index in [1.807, 2.05) is 6.07 Å². The monoisotopic (exact) mass is 224 g/mol. The zero-order valence-electron chi connectivity index (χ0n) is 8.59. The number of anilines is 1. The number of nitrogens with one attached hydrogen (secondary N) is 1. The SMILES string of the molecule is Cc1c(F)cccc1NC1=NCCCS1. The van der Waals surface area contributed by atoms with E-state index in [4.69, 9.17) is 0 Å². The molecule has 0 radical (unpaired) electrons. The molecule has 0 aromatic heterocycles. The molecule has 0 aliphatic carbocycles. The predicted octanol–water partition coefficient (Wildman–Crippen LogP) is 3.04. The number of aliphatic imine (C=N–C) groups is 1. The van der Waals surface area contributed by atoms with Gasteiger partial charge in [-0.3, -0.25) is 4.99 Å². The van der Waals surface area contributed by atoms with Crippen molar-refractivity contribution in [3.63, 3.8) is 0 Å². The van der Waals surface area contributed by atoms with Crippen molar-refractivity contribution < 1.29 is 4.39 Å². The Morgan fingerprint density at radius 3 is 3.07 bits per heavy atom. The highest BCUT2D eigenvalue weighted by molar-refractivity contribution is 8.14. The molecule has 0 fully saturated rings. The lowest BCUT2D eigenvalue weighted by Gasteiger charge is -2.14. The van der Waals surface area contributed by atoms with Gasteiger partial charge in [-0.1, -0.05) is 17.8 Å². The lowest BCUT2D eigenvalue weighted by Crippen LogP contribution is -2.14. The summed E-state index contributed by atoms with van der Waals surface area (Å²) in [5.74, 6) is 0.904. The molecule has 0 spiro atoms. The van der Waals surface area contributed by atoms with Gasteiger partial charge >= 0.3 is 0 Å². The van der Waals surface area contributed by atoms with Crippen LogP contribution in [0.25, 0.3) is 0 Å². The lowest BCUT2D eigenvalue weighted by atomic mass is 10.2. The highest BCUT2D eigenvalue weighted by atomic mass is 32.2. The molecule has 0 saturated carbocycles. The summed E-state index contributed by atoms with van der Waals surface area (Å²) in [6, 6.07) is 5.05. The molecule has 0 amide bonds. The van der Waals surface area contributed by atoms with Crippen molar-refractivity contribution in [3.05, 3.63) is 29.6 Å². The van der Waals surface area contributed by atoms with Crippen molar-refractivity contribution in [2.75, 3.05) is 17.6 Å². The van der Waals surface area contributed by atoms with E-state index in [1.54, 1.807) is 24.8 Å². The first-order valence-corrected chi connectivity index (χ1v) is 5.95. The van der Waals surface area contributed by atoms with Gasteiger partial charge in [0.2, 0.25) is 0 Å². The Morgan fingerprint density at radius 1 is 1.47 bits per heavy atom. The number of thioether (sulfide) groups is 1. The van der Waals surface area contributed by atoms with Crippen molar-refractivity contribution in [3.8, 4) is 0 Å². The maximum absolute atomic E-state index is 13.2. The molecule has 1 N–H and O–H groups in total. The number of amidine groups is 1. The number of halogens is 1. The average Bonchev–Trinajstić information content (AvgIpc) is 2.26. The summed E-state index contributed by atoms with van der Waals surface area (Å²) in [4.78, 5) is 4.34. The minimum atomic E-state index is -0.179. The van der Waals surface area contributed by atoms with Crippen LogP contribution in [0.5, 0.6) is 0 Å². The second kappa shape index (κ2) is 4.66. The van der Waals surface area contributed by atoms with Crippen LogP contribution in [-0.2, 0) is 0 Å². The van der Waals surface area contributed by atoms with E-state index in [2.05, 4.69) is 10.3 Å². The summed E-state index contributed by atoms with van der Waals surface area (Å²) < 4.78 is 13.2. The highest BCUT2D eigenvalue weighted by Crippen LogP contribution is 2.21. The molecule has 0 bridgehead atoms. The van der Waals surface area contributed by atoms with Crippen LogP contribution in [-0.4, -0.2) is 17.5 Å². The van der Waals surface area contributed by atoms with Crippen LogP contribution >= 0.6 is 11.8 Å². The van der Waals surface area contributed by atoms with Crippen molar-refractivity contribution in [1.82, 2.24) is 0 Å². The Labute approximate surface area is 93.0 Å². The Balaban J connectivity index is 2.16. The first kappa shape index (κ1) is 10.5. The average molecular weight is 224 g/mol. The molecule has 2 nitrogen and oxygen atoms in total. The number of rotatable bonds is 1. The molecular formula is C11H13FN2S. The maximum atomic E-state index is 13.2. The van der Waals surface area contributed by atoms with E-state index in [0.29, 0.717) is 5.56 Å². The van der Waals surface area contributed by atoms with Crippen molar-refractivity contribution in [1.29, 1.82) is 0 Å². The second-order valence-corrected chi connectivity index (χ2v) is 4.51. The molecule has 2 rings (SSSR count). The number of nitrogens with zero attached hydrogens (tertiary/aromatic N) is 1. The van der Waals surface area contributed by atoms with Gasteiger partial charge in [0.25, 0.3) is 0 Å². The summed E-state index contributed by atoms with van der Waals surface area (Å²) >= 11 is 1.69. The summed E-state index contributed by atoms with van der Waals surface area (Å²) in [6.07, 6.45) is 1.12. The molecule has 1 aliphatic rings. The molecule has 1 aromatic carbocycles. The van der Waals surface area contributed by atoms with Crippen LogP contribution in [0.15, 0.2) is 23.2 Å². The van der Waals surface area contributed by atoms with Crippen molar-refractivity contribution in [2.45, 2.75) is 13.3 Å². The van der Waals surface area contributed by atoms with Crippen LogP contribution in [0.2, 0.25) is 0 Å². The molecule has 1 heterocycles. The quantitative estimate of drug-likeness (QED) is 0.793. The second-order valence-electron chi connectivity index (χ2n) is 3.43. The summed E-state index contributed by atoms with van der Waals surface area (Å²) in [5.41, 5.74) is 1.45. The molecule has 0 atom stereocenters. The normalized spacial score (nSPS) is 16.0. The fourth-order valence-electron chi connectivity index (χ4n) is 1.39. The van der Waals surface area contributed by atoms with Gasteiger partial charge in [0.1, 0.15) is 5.82 Å². The van der Waals surface area contributed by atoms with E-state index in [0.717, 1.165) is 29.6 Å². The van der Waals surface area contributed by atoms with Gasteiger partial charge in [0.15, 0.2) is 5.17 Å². The minimum Gasteiger partial charge on any atom is -0.335 e. The van der Waals surface area contributed by atoms with Crippen LogP contribution in [0.3, 0.4) is 0 Å². The molecule has 0 saturated heterocycles.